The summed E-state index contributed by atoms with van der Waals surface area (Å²) in [6, 6.07) is 47.3. The van der Waals surface area contributed by atoms with Crippen LogP contribution in [0.5, 0.6) is 0 Å². The Bertz CT molecular complexity index is 2110. The number of hydrogen-bond acceptors (Lipinski definition) is 2. The molecule has 194 valence electrons. The lowest BCUT2D eigenvalue weighted by Gasteiger charge is -2.25. The molecule has 0 saturated carbocycles. The van der Waals surface area contributed by atoms with Crippen LogP contribution in [0.15, 0.2) is 133 Å². The standard InChI is InChI=1S/C39H28N2/c1-39(2)34-32-23-12-10-21-30(32)29-20-9-11-22-31(29)33(34)37-35(39)36(26-16-7-4-8-17-26)40-38(41-37)28-19-13-18-27(24-28)25-14-5-3-6-15-25/h3-24H,1-2H3. The monoisotopic (exact) mass is 524 g/mol. The van der Waals surface area contributed by atoms with E-state index in [-0.39, 0.29) is 5.41 Å². The number of rotatable bonds is 3. The average molecular weight is 525 g/mol. The van der Waals surface area contributed by atoms with Crippen molar-refractivity contribution >= 4 is 21.5 Å². The van der Waals surface area contributed by atoms with Gasteiger partial charge in [0.05, 0.1) is 11.4 Å². The van der Waals surface area contributed by atoms with E-state index in [1.54, 1.807) is 0 Å². The van der Waals surface area contributed by atoms with Gasteiger partial charge in [-0.1, -0.05) is 141 Å². The van der Waals surface area contributed by atoms with Crippen molar-refractivity contribution in [3.63, 3.8) is 0 Å². The molecule has 1 aliphatic carbocycles. The second-order valence-electron chi connectivity index (χ2n) is 11.4. The van der Waals surface area contributed by atoms with Crippen molar-refractivity contribution in [2.75, 3.05) is 0 Å². The van der Waals surface area contributed by atoms with Gasteiger partial charge in [0.15, 0.2) is 5.82 Å². The van der Waals surface area contributed by atoms with Gasteiger partial charge in [0, 0.05) is 27.7 Å². The fraction of sp³-hybridized carbons (Fsp3) is 0.0769. The van der Waals surface area contributed by atoms with Gasteiger partial charge >= 0.3 is 0 Å². The summed E-state index contributed by atoms with van der Waals surface area (Å²) in [6.07, 6.45) is 0. The van der Waals surface area contributed by atoms with Crippen molar-refractivity contribution in [3.8, 4) is 45.0 Å². The Hall–Kier alpha value is -5.08. The highest BCUT2D eigenvalue weighted by Gasteiger charge is 2.42. The van der Waals surface area contributed by atoms with Crippen LogP contribution in [0.2, 0.25) is 0 Å². The molecule has 0 unspecified atom stereocenters. The Morgan fingerprint density at radius 3 is 1.63 bits per heavy atom. The van der Waals surface area contributed by atoms with Gasteiger partial charge in [-0.25, -0.2) is 9.97 Å². The molecule has 0 saturated heterocycles. The smallest absolute Gasteiger partial charge is 0.160 e. The van der Waals surface area contributed by atoms with Crippen LogP contribution in [0.25, 0.3) is 66.6 Å². The quantitative estimate of drug-likeness (QED) is 0.215. The number of aromatic nitrogens is 2. The van der Waals surface area contributed by atoms with Crippen LogP contribution in [-0.2, 0) is 5.41 Å². The number of hydrogen-bond donors (Lipinski definition) is 0. The third kappa shape index (κ3) is 3.57. The zero-order valence-electron chi connectivity index (χ0n) is 23.1. The molecule has 1 heterocycles. The first-order chi connectivity index (χ1) is 20.1. The van der Waals surface area contributed by atoms with Crippen molar-refractivity contribution in [3.05, 3.63) is 145 Å². The van der Waals surface area contributed by atoms with Gasteiger partial charge in [0.25, 0.3) is 0 Å². The van der Waals surface area contributed by atoms with Gasteiger partial charge in [-0.05, 0) is 44.3 Å². The molecule has 2 nitrogen and oxygen atoms in total. The summed E-state index contributed by atoms with van der Waals surface area (Å²) >= 11 is 0. The molecule has 0 aliphatic heterocycles. The van der Waals surface area contributed by atoms with Crippen molar-refractivity contribution < 1.29 is 0 Å². The van der Waals surface area contributed by atoms with Crippen LogP contribution in [-0.4, -0.2) is 9.97 Å². The molecule has 2 heteroatoms. The van der Waals surface area contributed by atoms with Crippen LogP contribution in [0.1, 0.15) is 25.0 Å². The van der Waals surface area contributed by atoms with E-state index < -0.39 is 0 Å². The van der Waals surface area contributed by atoms with E-state index in [0.29, 0.717) is 0 Å². The van der Waals surface area contributed by atoms with E-state index in [9.17, 15) is 0 Å². The molecule has 8 rings (SSSR count). The molecule has 0 spiro atoms. The fourth-order valence-electron chi connectivity index (χ4n) is 6.80. The first-order valence-electron chi connectivity index (χ1n) is 14.2. The van der Waals surface area contributed by atoms with Crippen molar-refractivity contribution in [2.24, 2.45) is 0 Å². The third-order valence-electron chi connectivity index (χ3n) is 8.60. The zero-order chi connectivity index (χ0) is 27.6. The summed E-state index contributed by atoms with van der Waals surface area (Å²) < 4.78 is 0. The second-order valence-corrected chi connectivity index (χ2v) is 11.4. The molecule has 0 bridgehead atoms. The molecule has 0 N–H and O–H groups in total. The Morgan fingerprint density at radius 2 is 0.927 bits per heavy atom. The largest absolute Gasteiger partial charge is 0.228 e. The maximum absolute atomic E-state index is 5.43. The van der Waals surface area contributed by atoms with Gasteiger partial charge in [-0.3, -0.25) is 0 Å². The number of benzene rings is 6. The lowest BCUT2D eigenvalue weighted by molar-refractivity contribution is 0.664. The summed E-state index contributed by atoms with van der Waals surface area (Å²) in [5, 5.41) is 5.08. The maximum Gasteiger partial charge on any atom is 0.160 e. The van der Waals surface area contributed by atoms with Crippen molar-refractivity contribution in [1.29, 1.82) is 0 Å². The summed E-state index contributed by atoms with van der Waals surface area (Å²) in [4.78, 5) is 10.8. The van der Waals surface area contributed by atoms with Gasteiger partial charge in [-0.2, -0.15) is 0 Å². The van der Waals surface area contributed by atoms with Crippen LogP contribution in [0, 0.1) is 0 Å². The van der Waals surface area contributed by atoms with Gasteiger partial charge in [0.1, 0.15) is 0 Å². The van der Waals surface area contributed by atoms with E-state index in [1.807, 2.05) is 0 Å². The zero-order valence-corrected chi connectivity index (χ0v) is 23.1. The van der Waals surface area contributed by atoms with Gasteiger partial charge in [0.2, 0.25) is 0 Å². The topological polar surface area (TPSA) is 25.8 Å². The fourth-order valence-corrected chi connectivity index (χ4v) is 6.80. The molecule has 1 aromatic heterocycles. The lowest BCUT2D eigenvalue weighted by Crippen LogP contribution is -2.18. The minimum atomic E-state index is -0.288. The summed E-state index contributed by atoms with van der Waals surface area (Å²) in [6.45, 7) is 4.68. The summed E-state index contributed by atoms with van der Waals surface area (Å²) in [5.41, 5.74) is 10.00. The average Bonchev–Trinajstić information content (AvgIpc) is 3.28. The molecule has 1 aliphatic rings. The normalized spacial score (nSPS) is 13.3. The Labute approximate surface area is 240 Å². The van der Waals surface area contributed by atoms with E-state index in [1.165, 1.54) is 43.8 Å². The number of nitrogens with zero attached hydrogens (tertiary/aromatic N) is 2. The first-order valence-corrected chi connectivity index (χ1v) is 14.2. The number of fused-ring (bicyclic) bond motifs is 8. The molecule has 7 aromatic rings. The van der Waals surface area contributed by atoms with Crippen LogP contribution >= 0.6 is 0 Å². The molecule has 0 fully saturated rings. The van der Waals surface area contributed by atoms with E-state index in [0.717, 1.165) is 33.9 Å². The van der Waals surface area contributed by atoms with Crippen LogP contribution < -0.4 is 0 Å². The highest BCUT2D eigenvalue weighted by molar-refractivity contribution is 6.18. The maximum atomic E-state index is 5.43. The van der Waals surface area contributed by atoms with E-state index in [2.05, 4.69) is 147 Å². The van der Waals surface area contributed by atoms with E-state index >= 15 is 0 Å². The molecule has 0 atom stereocenters. The molecule has 0 amide bonds. The van der Waals surface area contributed by atoms with E-state index in [4.69, 9.17) is 9.97 Å². The van der Waals surface area contributed by atoms with Crippen LogP contribution in [0.3, 0.4) is 0 Å². The highest BCUT2D eigenvalue weighted by atomic mass is 14.9. The summed E-state index contributed by atoms with van der Waals surface area (Å²) in [7, 11) is 0. The van der Waals surface area contributed by atoms with Crippen molar-refractivity contribution in [2.45, 2.75) is 19.3 Å². The Balaban J connectivity index is 1.48. The second kappa shape index (κ2) is 8.97. The first kappa shape index (κ1) is 23.8. The minimum absolute atomic E-state index is 0.288. The molecular weight excluding hydrogens is 496 g/mol. The third-order valence-corrected chi connectivity index (χ3v) is 8.60. The molecule has 6 aromatic carbocycles. The van der Waals surface area contributed by atoms with Gasteiger partial charge in [-0.15, -0.1) is 0 Å². The van der Waals surface area contributed by atoms with Crippen LogP contribution in [0.4, 0.5) is 0 Å². The van der Waals surface area contributed by atoms with Crippen molar-refractivity contribution in [1.82, 2.24) is 9.97 Å². The Morgan fingerprint density at radius 1 is 0.415 bits per heavy atom. The highest BCUT2D eigenvalue weighted by Crippen LogP contribution is 2.56. The summed E-state index contributed by atoms with van der Waals surface area (Å²) in [5.74, 6) is 0.751. The predicted octanol–water partition coefficient (Wildman–Crippen LogP) is 10.1. The Kier molecular flexibility index (Phi) is 5.20. The lowest BCUT2D eigenvalue weighted by atomic mass is 9.78. The van der Waals surface area contributed by atoms with Gasteiger partial charge < -0.3 is 0 Å². The predicted molar refractivity (Wildman–Crippen MR) is 171 cm³/mol. The molecular formula is C39H28N2. The molecule has 0 radical (unpaired) electrons. The SMILES string of the molecule is CC1(C)c2c(-c3ccccc3)nc(-c3cccc(-c4ccccc4)c3)nc2-c2c1c1ccccc1c1ccccc21. The minimum Gasteiger partial charge on any atom is -0.228 e. The molecule has 41 heavy (non-hydrogen) atoms.